The lowest BCUT2D eigenvalue weighted by atomic mass is 10.00. The van der Waals surface area contributed by atoms with Crippen LogP contribution in [0.3, 0.4) is 0 Å². The van der Waals surface area contributed by atoms with Crippen molar-refractivity contribution < 1.29 is 23.9 Å². The molecule has 0 radical (unpaired) electrons. The second-order valence-electron chi connectivity index (χ2n) is 7.91. The highest BCUT2D eigenvalue weighted by Gasteiger charge is 2.41. The first kappa shape index (κ1) is 22.1. The summed E-state index contributed by atoms with van der Waals surface area (Å²) in [6.07, 6.45) is -0.0360. The van der Waals surface area contributed by atoms with Crippen LogP contribution in [0.4, 0.5) is 10.5 Å². The summed E-state index contributed by atoms with van der Waals surface area (Å²) in [4.78, 5) is 38.2. The molecule has 0 saturated heterocycles. The molecule has 3 N–H and O–H groups in total. The topological polar surface area (TPSA) is 111 Å². The third kappa shape index (κ3) is 5.14. The molecule has 31 heavy (non-hydrogen) atoms. The highest BCUT2D eigenvalue weighted by Crippen LogP contribution is 2.39. The molecule has 1 heterocycles. The number of amides is 3. The van der Waals surface area contributed by atoms with Crippen molar-refractivity contribution in [2.24, 2.45) is 5.73 Å². The van der Waals surface area contributed by atoms with Crippen LogP contribution in [0.2, 0.25) is 0 Å². The number of ether oxygens (including phenoxy) is 2. The van der Waals surface area contributed by atoms with Crippen LogP contribution in [0.15, 0.2) is 42.5 Å². The van der Waals surface area contributed by atoms with Gasteiger partial charge in [-0.2, -0.15) is 0 Å². The van der Waals surface area contributed by atoms with Gasteiger partial charge in [0.25, 0.3) is 5.91 Å². The van der Waals surface area contributed by atoms with Crippen LogP contribution in [0, 0.1) is 6.92 Å². The third-order valence-corrected chi connectivity index (χ3v) is 5.03. The van der Waals surface area contributed by atoms with Crippen LogP contribution < -0.4 is 20.7 Å². The maximum atomic E-state index is 12.9. The molecule has 2 aromatic carbocycles. The monoisotopic (exact) mass is 425 g/mol. The summed E-state index contributed by atoms with van der Waals surface area (Å²) < 4.78 is 11.0. The Morgan fingerprint density at radius 1 is 1.19 bits per heavy atom. The number of hydrogen-bond acceptors (Lipinski definition) is 5. The quantitative estimate of drug-likeness (QED) is 0.663. The molecule has 0 bridgehead atoms. The summed E-state index contributed by atoms with van der Waals surface area (Å²) in [7, 11) is 0. The fourth-order valence-electron chi connectivity index (χ4n) is 3.40. The Kier molecular flexibility index (Phi) is 6.48. The molecule has 8 nitrogen and oxygen atoms in total. The number of aryl methyl sites for hydroxylation is 1. The zero-order valence-corrected chi connectivity index (χ0v) is 17.9. The van der Waals surface area contributed by atoms with Gasteiger partial charge in [0.2, 0.25) is 5.91 Å². The van der Waals surface area contributed by atoms with Gasteiger partial charge < -0.3 is 25.4 Å². The SMILES string of the molecule is Cc1cc2c(cc1C(N)=O)N(CCCNC(=O)OCc1ccccc1)C(=O)C(C)(C)O2. The van der Waals surface area contributed by atoms with Crippen molar-refractivity contribution >= 4 is 23.6 Å². The summed E-state index contributed by atoms with van der Waals surface area (Å²) in [5, 5.41) is 2.69. The molecule has 0 unspecified atom stereocenters. The first-order chi connectivity index (χ1) is 14.7. The molecule has 1 aliphatic rings. The summed E-state index contributed by atoms with van der Waals surface area (Å²) in [6, 6.07) is 12.7. The van der Waals surface area contributed by atoms with E-state index >= 15 is 0 Å². The van der Waals surface area contributed by atoms with Crippen molar-refractivity contribution in [3.8, 4) is 5.75 Å². The maximum absolute atomic E-state index is 12.9. The van der Waals surface area contributed by atoms with Gasteiger partial charge in [-0.15, -0.1) is 0 Å². The van der Waals surface area contributed by atoms with Crippen LogP contribution >= 0.6 is 0 Å². The standard InChI is InChI=1S/C23H27N3O5/c1-15-12-19-18(13-17(15)20(24)27)26(21(28)23(2,3)31-19)11-7-10-25-22(29)30-14-16-8-5-4-6-9-16/h4-6,8-9,12-13H,7,10-11,14H2,1-3H3,(H2,24,27)(H,25,29). The smallest absolute Gasteiger partial charge is 0.407 e. The molecule has 2 aromatic rings. The Morgan fingerprint density at radius 2 is 1.90 bits per heavy atom. The lowest BCUT2D eigenvalue weighted by Gasteiger charge is -2.39. The summed E-state index contributed by atoms with van der Waals surface area (Å²) >= 11 is 0. The van der Waals surface area contributed by atoms with Crippen LogP contribution in [-0.2, 0) is 16.1 Å². The Balaban J connectivity index is 1.61. The summed E-state index contributed by atoms with van der Waals surface area (Å²) in [5.41, 5.74) is 6.83. The van der Waals surface area contributed by atoms with Crippen molar-refractivity contribution in [1.82, 2.24) is 5.32 Å². The Bertz CT molecular complexity index is 988. The number of rotatable bonds is 7. The van der Waals surface area contributed by atoms with Crippen LogP contribution in [-0.4, -0.2) is 36.6 Å². The van der Waals surface area contributed by atoms with Gasteiger partial charge in [-0.05, 0) is 50.5 Å². The molecule has 0 saturated carbocycles. The van der Waals surface area contributed by atoms with E-state index in [4.69, 9.17) is 15.2 Å². The minimum absolute atomic E-state index is 0.186. The predicted molar refractivity (Wildman–Crippen MR) is 116 cm³/mol. The number of carbonyl (C=O) groups excluding carboxylic acids is 3. The highest BCUT2D eigenvalue weighted by atomic mass is 16.5. The van der Waals surface area contributed by atoms with E-state index in [1.54, 1.807) is 37.8 Å². The van der Waals surface area contributed by atoms with E-state index in [0.717, 1.165) is 5.56 Å². The minimum atomic E-state index is -1.05. The number of fused-ring (bicyclic) bond motifs is 1. The van der Waals surface area contributed by atoms with Crippen LogP contribution in [0.5, 0.6) is 5.75 Å². The zero-order chi connectivity index (χ0) is 22.6. The molecule has 0 spiro atoms. The second kappa shape index (κ2) is 9.07. The minimum Gasteiger partial charge on any atom is -0.476 e. The maximum Gasteiger partial charge on any atom is 0.407 e. The largest absolute Gasteiger partial charge is 0.476 e. The summed E-state index contributed by atoms with van der Waals surface area (Å²) in [5.74, 6) is -0.284. The third-order valence-electron chi connectivity index (χ3n) is 5.03. The fourth-order valence-corrected chi connectivity index (χ4v) is 3.40. The number of benzene rings is 2. The number of hydrogen-bond donors (Lipinski definition) is 2. The molecular weight excluding hydrogens is 398 g/mol. The number of nitrogens with two attached hydrogens (primary N) is 1. The van der Waals surface area contributed by atoms with Crippen molar-refractivity contribution in [3.63, 3.8) is 0 Å². The van der Waals surface area contributed by atoms with Gasteiger partial charge >= 0.3 is 6.09 Å². The van der Waals surface area contributed by atoms with E-state index in [9.17, 15) is 14.4 Å². The molecule has 164 valence electrons. The van der Waals surface area contributed by atoms with E-state index in [1.807, 2.05) is 30.3 Å². The van der Waals surface area contributed by atoms with Gasteiger partial charge in [0.05, 0.1) is 5.69 Å². The van der Waals surface area contributed by atoms with E-state index in [1.165, 1.54) is 0 Å². The van der Waals surface area contributed by atoms with Gasteiger partial charge in [0, 0.05) is 18.7 Å². The van der Waals surface area contributed by atoms with Crippen molar-refractivity contribution in [3.05, 3.63) is 59.2 Å². The summed E-state index contributed by atoms with van der Waals surface area (Å²) in [6.45, 7) is 6.00. The first-order valence-corrected chi connectivity index (χ1v) is 10.1. The van der Waals surface area contributed by atoms with E-state index in [0.29, 0.717) is 42.1 Å². The van der Waals surface area contributed by atoms with Gasteiger partial charge in [-0.1, -0.05) is 30.3 Å². The number of nitrogens with zero attached hydrogens (tertiary/aromatic N) is 1. The Hall–Kier alpha value is -3.55. The van der Waals surface area contributed by atoms with E-state index in [2.05, 4.69) is 5.32 Å². The molecule has 0 fully saturated rings. The Morgan fingerprint density at radius 3 is 2.58 bits per heavy atom. The van der Waals surface area contributed by atoms with Crippen molar-refractivity contribution in [2.75, 3.05) is 18.0 Å². The normalized spacial score (nSPS) is 14.4. The molecule has 3 amide bonds. The van der Waals surface area contributed by atoms with E-state index < -0.39 is 17.6 Å². The zero-order valence-electron chi connectivity index (χ0n) is 17.9. The van der Waals surface area contributed by atoms with Gasteiger partial charge in [-0.3, -0.25) is 9.59 Å². The average molecular weight is 425 g/mol. The lowest BCUT2D eigenvalue weighted by Crippen LogP contribution is -2.53. The number of alkyl carbamates (subject to hydrolysis) is 1. The van der Waals surface area contributed by atoms with Gasteiger partial charge in [0.15, 0.2) is 5.60 Å². The molecule has 0 aliphatic carbocycles. The van der Waals surface area contributed by atoms with Crippen molar-refractivity contribution in [2.45, 2.75) is 39.4 Å². The fraction of sp³-hybridized carbons (Fsp3) is 0.348. The lowest BCUT2D eigenvalue weighted by molar-refractivity contribution is -0.132. The average Bonchev–Trinajstić information content (AvgIpc) is 2.72. The number of primary amides is 1. The molecule has 0 aromatic heterocycles. The highest BCUT2D eigenvalue weighted by molar-refractivity contribution is 6.04. The second-order valence-corrected chi connectivity index (χ2v) is 7.91. The molecule has 8 heteroatoms. The van der Waals surface area contributed by atoms with Crippen LogP contribution in [0.1, 0.15) is 41.8 Å². The van der Waals surface area contributed by atoms with Crippen LogP contribution in [0.25, 0.3) is 0 Å². The van der Waals surface area contributed by atoms with Gasteiger partial charge in [0.1, 0.15) is 12.4 Å². The van der Waals surface area contributed by atoms with Gasteiger partial charge in [-0.25, -0.2) is 4.79 Å². The first-order valence-electron chi connectivity index (χ1n) is 10.1. The van der Waals surface area contributed by atoms with E-state index in [-0.39, 0.29) is 12.5 Å². The predicted octanol–water partition coefficient (Wildman–Crippen LogP) is 2.91. The number of carbonyl (C=O) groups is 3. The molecule has 3 rings (SSSR count). The Labute approximate surface area is 181 Å². The molecular formula is C23H27N3O5. The molecule has 0 atom stereocenters. The number of nitrogens with one attached hydrogen (secondary N) is 1. The van der Waals surface area contributed by atoms with Crippen molar-refractivity contribution in [1.29, 1.82) is 0 Å². The number of anilines is 1. The molecule has 1 aliphatic heterocycles.